The van der Waals surface area contributed by atoms with Crippen molar-refractivity contribution in [2.75, 3.05) is 4.90 Å². The highest BCUT2D eigenvalue weighted by atomic mass is 32.1. The van der Waals surface area contributed by atoms with Gasteiger partial charge in [-0.15, -0.1) is 0 Å². The Morgan fingerprint density at radius 1 is 1.33 bits per heavy atom. The van der Waals surface area contributed by atoms with Crippen LogP contribution in [-0.4, -0.2) is 11.0 Å². The molecule has 108 valence electrons. The van der Waals surface area contributed by atoms with E-state index in [4.69, 9.17) is 18.0 Å². The van der Waals surface area contributed by atoms with Crippen molar-refractivity contribution in [3.8, 4) is 0 Å². The van der Waals surface area contributed by atoms with Gasteiger partial charge in [0, 0.05) is 23.8 Å². The summed E-state index contributed by atoms with van der Waals surface area (Å²) >= 11 is 4.95. The molecule has 0 amide bonds. The third-order valence-electron chi connectivity index (χ3n) is 3.94. The minimum absolute atomic E-state index is 0.227. The number of anilines is 1. The van der Waals surface area contributed by atoms with Gasteiger partial charge in [-0.2, -0.15) is 0 Å². The van der Waals surface area contributed by atoms with Crippen LogP contribution in [0.15, 0.2) is 42.5 Å². The van der Waals surface area contributed by atoms with Crippen LogP contribution in [0.25, 0.3) is 0 Å². The van der Waals surface area contributed by atoms with Crippen molar-refractivity contribution in [2.24, 2.45) is 5.73 Å². The van der Waals surface area contributed by atoms with Crippen molar-refractivity contribution in [2.45, 2.75) is 25.9 Å². The highest BCUT2D eigenvalue weighted by molar-refractivity contribution is 7.80. The summed E-state index contributed by atoms with van der Waals surface area (Å²) in [5, 5.41) is 0. The number of hydrogen-bond donors (Lipinski definition) is 1. The first-order valence-corrected chi connectivity index (χ1v) is 7.39. The van der Waals surface area contributed by atoms with E-state index in [0.29, 0.717) is 18.2 Å². The summed E-state index contributed by atoms with van der Waals surface area (Å²) < 4.78 is 13.7. The molecule has 0 bridgehead atoms. The Balaban J connectivity index is 1.92. The lowest BCUT2D eigenvalue weighted by Crippen LogP contribution is -2.28. The van der Waals surface area contributed by atoms with Crippen LogP contribution in [0.1, 0.15) is 23.6 Å². The molecule has 0 aliphatic carbocycles. The number of para-hydroxylation sites is 1. The third-order valence-corrected chi connectivity index (χ3v) is 4.18. The second-order valence-electron chi connectivity index (χ2n) is 5.52. The van der Waals surface area contributed by atoms with E-state index in [0.717, 1.165) is 12.0 Å². The number of halogens is 1. The lowest BCUT2D eigenvalue weighted by atomic mass is 10.1. The first-order valence-electron chi connectivity index (χ1n) is 6.98. The summed E-state index contributed by atoms with van der Waals surface area (Å²) in [7, 11) is 0. The predicted molar refractivity (Wildman–Crippen MR) is 88.1 cm³/mol. The Labute approximate surface area is 129 Å². The average Bonchev–Trinajstić information content (AvgIpc) is 2.75. The molecule has 1 aliphatic heterocycles. The van der Waals surface area contributed by atoms with Crippen LogP contribution in [0.3, 0.4) is 0 Å². The van der Waals surface area contributed by atoms with Crippen molar-refractivity contribution in [3.05, 3.63) is 65.0 Å². The maximum atomic E-state index is 13.7. The van der Waals surface area contributed by atoms with Gasteiger partial charge in [0.25, 0.3) is 0 Å². The smallest absolute Gasteiger partial charge is 0.124 e. The minimum Gasteiger partial charge on any atom is -0.389 e. The summed E-state index contributed by atoms with van der Waals surface area (Å²) in [6, 6.07) is 13.6. The molecule has 3 rings (SSSR count). The van der Waals surface area contributed by atoms with Gasteiger partial charge in [-0.05, 0) is 48.7 Å². The Kier molecular flexibility index (Phi) is 3.64. The van der Waals surface area contributed by atoms with E-state index in [1.54, 1.807) is 6.07 Å². The van der Waals surface area contributed by atoms with Crippen LogP contribution in [0.4, 0.5) is 10.1 Å². The minimum atomic E-state index is -0.296. The predicted octanol–water partition coefficient (Wildman–Crippen LogP) is 3.41. The van der Waals surface area contributed by atoms with Gasteiger partial charge in [-0.25, -0.2) is 4.39 Å². The molecule has 1 unspecified atom stereocenters. The van der Waals surface area contributed by atoms with Gasteiger partial charge in [-0.1, -0.05) is 30.4 Å². The topological polar surface area (TPSA) is 29.3 Å². The molecule has 2 nitrogen and oxygen atoms in total. The summed E-state index contributed by atoms with van der Waals surface area (Å²) in [5.74, 6) is -0.296. The molecule has 1 atom stereocenters. The van der Waals surface area contributed by atoms with Crippen LogP contribution >= 0.6 is 12.2 Å². The number of rotatable bonds is 3. The second kappa shape index (κ2) is 5.45. The van der Waals surface area contributed by atoms with Gasteiger partial charge in [0.15, 0.2) is 0 Å². The van der Waals surface area contributed by atoms with Gasteiger partial charge < -0.3 is 10.6 Å². The fourth-order valence-electron chi connectivity index (χ4n) is 2.95. The Hall–Kier alpha value is -1.94. The lowest BCUT2D eigenvalue weighted by molar-refractivity contribution is 0.620. The summed E-state index contributed by atoms with van der Waals surface area (Å²) in [5.41, 5.74) is 9.66. The maximum absolute atomic E-state index is 13.7. The first-order chi connectivity index (χ1) is 10.0. The fourth-order valence-corrected chi connectivity index (χ4v) is 3.07. The van der Waals surface area contributed by atoms with Crippen molar-refractivity contribution in [1.29, 1.82) is 0 Å². The van der Waals surface area contributed by atoms with Gasteiger partial charge in [-0.3, -0.25) is 0 Å². The van der Waals surface area contributed by atoms with Crippen LogP contribution in [-0.2, 0) is 13.0 Å². The largest absolute Gasteiger partial charge is 0.389 e. The molecule has 4 heteroatoms. The fraction of sp³-hybridized carbons (Fsp3) is 0.235. The quantitative estimate of drug-likeness (QED) is 0.881. The van der Waals surface area contributed by atoms with E-state index in [-0.39, 0.29) is 10.8 Å². The number of benzene rings is 2. The number of fused-ring (bicyclic) bond motifs is 1. The molecule has 0 saturated heterocycles. The molecule has 2 aromatic carbocycles. The molecule has 2 aromatic rings. The zero-order valence-electron chi connectivity index (χ0n) is 11.8. The van der Waals surface area contributed by atoms with E-state index < -0.39 is 0 Å². The molecule has 0 radical (unpaired) electrons. The van der Waals surface area contributed by atoms with E-state index in [2.05, 4.69) is 30.0 Å². The van der Waals surface area contributed by atoms with Crippen LogP contribution in [0.5, 0.6) is 0 Å². The SMILES string of the molecule is CC1Cc2ccccc2N1Cc1cc(F)cc(C(N)=S)c1. The highest BCUT2D eigenvalue weighted by Crippen LogP contribution is 2.33. The van der Waals surface area contributed by atoms with Gasteiger partial charge in [0.2, 0.25) is 0 Å². The first kappa shape index (κ1) is 14.0. The monoisotopic (exact) mass is 300 g/mol. The molecule has 1 heterocycles. The van der Waals surface area contributed by atoms with Gasteiger partial charge in [0.05, 0.1) is 0 Å². The molecular weight excluding hydrogens is 283 g/mol. The average molecular weight is 300 g/mol. The number of nitrogens with zero attached hydrogens (tertiary/aromatic N) is 1. The van der Waals surface area contributed by atoms with Crippen LogP contribution < -0.4 is 10.6 Å². The third kappa shape index (κ3) is 2.76. The Morgan fingerprint density at radius 3 is 2.86 bits per heavy atom. The van der Waals surface area contributed by atoms with Crippen molar-refractivity contribution in [1.82, 2.24) is 0 Å². The summed E-state index contributed by atoms with van der Waals surface area (Å²) in [6.07, 6.45) is 1.02. The molecule has 21 heavy (non-hydrogen) atoms. The standard InChI is InChI=1S/C17H17FN2S/c1-11-6-13-4-2-3-5-16(13)20(11)10-12-7-14(17(19)21)9-15(18)8-12/h2-5,7-9,11H,6,10H2,1H3,(H2,19,21). The van der Waals surface area contributed by atoms with Gasteiger partial charge >= 0.3 is 0 Å². The number of thiocarbonyl (C=S) groups is 1. The maximum Gasteiger partial charge on any atom is 0.124 e. The zero-order valence-corrected chi connectivity index (χ0v) is 12.7. The lowest BCUT2D eigenvalue weighted by Gasteiger charge is -2.25. The summed E-state index contributed by atoms with van der Waals surface area (Å²) in [6.45, 7) is 2.85. The molecule has 0 fully saturated rings. The normalized spacial score (nSPS) is 16.9. The zero-order chi connectivity index (χ0) is 15.0. The van der Waals surface area contributed by atoms with Crippen LogP contribution in [0.2, 0.25) is 0 Å². The highest BCUT2D eigenvalue weighted by Gasteiger charge is 2.25. The Morgan fingerprint density at radius 2 is 2.10 bits per heavy atom. The number of nitrogens with two attached hydrogens (primary N) is 1. The van der Waals surface area contributed by atoms with Crippen molar-refractivity contribution in [3.63, 3.8) is 0 Å². The molecule has 0 saturated carbocycles. The van der Waals surface area contributed by atoms with Gasteiger partial charge in [0.1, 0.15) is 10.8 Å². The molecule has 2 N–H and O–H groups in total. The van der Waals surface area contributed by atoms with Crippen LogP contribution in [0, 0.1) is 5.82 Å². The molecular formula is C17H17FN2S. The second-order valence-corrected chi connectivity index (χ2v) is 5.96. The number of hydrogen-bond acceptors (Lipinski definition) is 2. The van der Waals surface area contributed by atoms with Crippen molar-refractivity contribution < 1.29 is 4.39 Å². The van der Waals surface area contributed by atoms with E-state index in [9.17, 15) is 4.39 Å². The molecule has 1 aliphatic rings. The Bertz CT molecular complexity index is 699. The molecule has 0 spiro atoms. The van der Waals surface area contributed by atoms with E-state index >= 15 is 0 Å². The van der Waals surface area contributed by atoms with E-state index in [1.807, 2.05) is 12.1 Å². The summed E-state index contributed by atoms with van der Waals surface area (Å²) in [4.78, 5) is 2.53. The van der Waals surface area contributed by atoms with E-state index in [1.165, 1.54) is 17.3 Å². The molecule has 0 aromatic heterocycles. The van der Waals surface area contributed by atoms with Crippen molar-refractivity contribution >= 4 is 22.9 Å².